The number of para-hydroxylation sites is 4. The molecule has 10 aromatic rings. The van der Waals surface area contributed by atoms with Gasteiger partial charge in [-0.25, -0.2) is 0 Å². The number of fused-ring (bicyclic) bond motifs is 14. The number of rotatable bonds is 2. The molecule has 0 spiro atoms. The van der Waals surface area contributed by atoms with Crippen LogP contribution in [0.5, 0.6) is 0 Å². The summed E-state index contributed by atoms with van der Waals surface area (Å²) in [5.41, 5.74) is 11.5. The summed E-state index contributed by atoms with van der Waals surface area (Å²) in [5.74, 6) is 0. The van der Waals surface area contributed by atoms with Gasteiger partial charge in [0.05, 0.1) is 38.6 Å². The average Bonchev–Trinajstić information content (AvgIpc) is 3.83. The molecule has 210 valence electrons. The van der Waals surface area contributed by atoms with Gasteiger partial charge in [-0.1, -0.05) is 97.1 Å². The molecule has 4 aromatic heterocycles. The lowest BCUT2D eigenvalue weighted by atomic mass is 10.0. The highest BCUT2D eigenvalue weighted by Crippen LogP contribution is 2.47. The van der Waals surface area contributed by atoms with Crippen LogP contribution in [-0.4, -0.2) is 13.5 Å². The van der Waals surface area contributed by atoms with E-state index in [1.807, 2.05) is 0 Å². The minimum Gasteiger partial charge on any atom is -0.312 e. The molecule has 1 aliphatic carbocycles. The van der Waals surface area contributed by atoms with Crippen LogP contribution in [0.25, 0.3) is 93.1 Å². The van der Waals surface area contributed by atoms with Crippen LogP contribution in [0.4, 0.5) is 0 Å². The smallest absolute Gasteiger partial charge is 0.0641 e. The molecule has 6 aromatic carbocycles. The molecule has 0 N–H and O–H groups in total. The Balaban J connectivity index is 1.38. The first-order valence-corrected chi connectivity index (χ1v) is 15.9. The summed E-state index contributed by atoms with van der Waals surface area (Å²) in [4.78, 5) is 0. The molecule has 0 bridgehead atoms. The van der Waals surface area contributed by atoms with Crippen LogP contribution in [0.1, 0.15) is 12.8 Å². The highest BCUT2D eigenvalue weighted by Gasteiger charge is 2.25. The number of aromatic nitrogens is 3. The van der Waals surface area contributed by atoms with Gasteiger partial charge in [0.15, 0.2) is 0 Å². The van der Waals surface area contributed by atoms with Gasteiger partial charge < -0.3 is 13.5 Å². The number of hydrogen-bond acceptors (Lipinski definition) is 0. The SMILES string of the molecule is C1=CCCC(n2c3ccccc3c3ccc4c(c5cccc6c7c8c(ccc7n4c56)c4ccccc4n8-c4ccccc4)c32)=C1. The van der Waals surface area contributed by atoms with E-state index in [-0.39, 0.29) is 0 Å². The van der Waals surface area contributed by atoms with Gasteiger partial charge in [0.1, 0.15) is 0 Å². The van der Waals surface area contributed by atoms with Gasteiger partial charge in [-0.2, -0.15) is 0 Å². The number of benzene rings is 6. The second-order valence-corrected chi connectivity index (χ2v) is 12.4. The van der Waals surface area contributed by atoms with Gasteiger partial charge >= 0.3 is 0 Å². The first-order chi connectivity index (χ1) is 22.4. The third kappa shape index (κ3) is 2.86. The Morgan fingerprint density at radius 2 is 1.00 bits per heavy atom. The fraction of sp³-hybridized carbons (Fsp3) is 0.0476. The van der Waals surface area contributed by atoms with E-state index in [1.165, 1.54) is 93.1 Å². The van der Waals surface area contributed by atoms with Crippen LogP contribution in [0.2, 0.25) is 0 Å². The Bertz CT molecular complexity index is 2910. The minimum atomic E-state index is 1.04. The molecule has 0 radical (unpaired) electrons. The van der Waals surface area contributed by atoms with E-state index in [4.69, 9.17) is 0 Å². The molecule has 0 saturated carbocycles. The Morgan fingerprint density at radius 1 is 0.422 bits per heavy atom. The van der Waals surface area contributed by atoms with Crippen molar-refractivity contribution >= 4 is 87.4 Å². The zero-order valence-corrected chi connectivity index (χ0v) is 24.5. The predicted octanol–water partition coefficient (Wildman–Crippen LogP) is 11.2. The molecule has 0 aliphatic heterocycles. The topological polar surface area (TPSA) is 14.3 Å². The largest absolute Gasteiger partial charge is 0.312 e. The van der Waals surface area contributed by atoms with Crippen molar-refractivity contribution in [3.63, 3.8) is 0 Å². The van der Waals surface area contributed by atoms with Gasteiger partial charge in [-0.15, -0.1) is 0 Å². The summed E-state index contributed by atoms with van der Waals surface area (Å²) in [5, 5.41) is 10.5. The van der Waals surface area contributed by atoms with Gasteiger partial charge in [0.2, 0.25) is 0 Å². The van der Waals surface area contributed by atoms with E-state index in [0.717, 1.165) is 12.8 Å². The summed E-state index contributed by atoms with van der Waals surface area (Å²) < 4.78 is 7.56. The van der Waals surface area contributed by atoms with Crippen LogP contribution in [0.15, 0.2) is 140 Å². The normalized spacial score (nSPS) is 14.1. The van der Waals surface area contributed by atoms with Crippen molar-refractivity contribution in [2.24, 2.45) is 0 Å². The van der Waals surface area contributed by atoms with Gasteiger partial charge in [0.25, 0.3) is 0 Å². The molecular formula is C42H27N3. The van der Waals surface area contributed by atoms with Crippen LogP contribution in [-0.2, 0) is 0 Å². The lowest BCUT2D eigenvalue weighted by molar-refractivity contribution is 0.981. The Morgan fingerprint density at radius 3 is 1.64 bits per heavy atom. The third-order valence-electron chi connectivity index (χ3n) is 10.2. The Hall–Kier alpha value is -5.80. The van der Waals surface area contributed by atoms with Crippen molar-refractivity contribution in [3.05, 3.63) is 140 Å². The maximum Gasteiger partial charge on any atom is 0.0641 e. The number of hydrogen-bond donors (Lipinski definition) is 0. The van der Waals surface area contributed by atoms with Crippen molar-refractivity contribution in [1.82, 2.24) is 13.5 Å². The molecule has 0 amide bonds. The zero-order chi connectivity index (χ0) is 29.2. The van der Waals surface area contributed by atoms with Crippen molar-refractivity contribution in [2.45, 2.75) is 12.8 Å². The summed E-state index contributed by atoms with van der Waals surface area (Å²) in [6.07, 6.45) is 8.91. The van der Waals surface area contributed by atoms with E-state index in [0.29, 0.717) is 0 Å². The van der Waals surface area contributed by atoms with Crippen molar-refractivity contribution < 1.29 is 0 Å². The van der Waals surface area contributed by atoms with E-state index in [2.05, 4.69) is 153 Å². The molecule has 11 rings (SSSR count). The first kappa shape index (κ1) is 23.6. The summed E-state index contributed by atoms with van der Waals surface area (Å²) in [6, 6.07) is 44.9. The quantitative estimate of drug-likeness (QED) is 0.195. The van der Waals surface area contributed by atoms with Crippen LogP contribution in [0, 0.1) is 0 Å². The standard InChI is InChI=1S/C42H27N3/c1-3-12-26(13-4-1)43-34-20-9-7-16-28(34)30-22-24-36-38(41(30)43)32-18-11-19-33-39-37(45(36)40(32)33)25-23-31-29-17-8-10-21-35(29)44(42(31)39)27-14-5-2-6-15-27/h1-5,7-14,16-25H,6,15H2. The van der Waals surface area contributed by atoms with Crippen LogP contribution in [0.3, 0.4) is 0 Å². The lowest BCUT2D eigenvalue weighted by Crippen LogP contribution is -1.99. The maximum absolute atomic E-state index is 2.55. The number of nitrogens with zero attached hydrogens (tertiary/aromatic N) is 3. The second-order valence-electron chi connectivity index (χ2n) is 12.4. The molecule has 3 nitrogen and oxygen atoms in total. The molecule has 3 heteroatoms. The first-order valence-electron chi connectivity index (χ1n) is 15.9. The van der Waals surface area contributed by atoms with Crippen LogP contribution < -0.4 is 0 Å². The van der Waals surface area contributed by atoms with Gasteiger partial charge in [0, 0.05) is 54.5 Å². The fourth-order valence-corrected chi connectivity index (χ4v) is 8.48. The number of allylic oxidation sites excluding steroid dienone is 4. The average molecular weight is 574 g/mol. The zero-order valence-electron chi connectivity index (χ0n) is 24.5. The maximum atomic E-state index is 2.55. The molecular weight excluding hydrogens is 546 g/mol. The molecule has 45 heavy (non-hydrogen) atoms. The van der Waals surface area contributed by atoms with Gasteiger partial charge in [-0.3, -0.25) is 0 Å². The summed E-state index contributed by atoms with van der Waals surface area (Å²) in [7, 11) is 0. The molecule has 0 atom stereocenters. The molecule has 0 saturated heterocycles. The molecule has 4 heterocycles. The highest BCUT2D eigenvalue weighted by molar-refractivity contribution is 6.34. The van der Waals surface area contributed by atoms with Crippen molar-refractivity contribution in [2.75, 3.05) is 0 Å². The van der Waals surface area contributed by atoms with E-state index >= 15 is 0 Å². The molecule has 0 unspecified atom stereocenters. The minimum absolute atomic E-state index is 1.04. The van der Waals surface area contributed by atoms with E-state index in [1.54, 1.807) is 0 Å². The van der Waals surface area contributed by atoms with Gasteiger partial charge in [-0.05, 0) is 55.3 Å². The summed E-state index contributed by atoms with van der Waals surface area (Å²) in [6.45, 7) is 0. The van der Waals surface area contributed by atoms with E-state index < -0.39 is 0 Å². The highest BCUT2D eigenvalue weighted by atomic mass is 15.0. The monoisotopic (exact) mass is 573 g/mol. The lowest BCUT2D eigenvalue weighted by Gasteiger charge is -2.14. The third-order valence-corrected chi connectivity index (χ3v) is 10.2. The fourth-order valence-electron chi connectivity index (χ4n) is 8.48. The van der Waals surface area contributed by atoms with E-state index in [9.17, 15) is 0 Å². The van der Waals surface area contributed by atoms with Crippen LogP contribution >= 0.6 is 0 Å². The molecule has 0 fully saturated rings. The Kier molecular flexibility index (Phi) is 4.43. The predicted molar refractivity (Wildman–Crippen MR) is 191 cm³/mol. The van der Waals surface area contributed by atoms with Crippen molar-refractivity contribution in [3.8, 4) is 5.69 Å². The van der Waals surface area contributed by atoms with Crippen molar-refractivity contribution in [1.29, 1.82) is 0 Å². The Labute approximate surface area is 258 Å². The summed E-state index contributed by atoms with van der Waals surface area (Å²) >= 11 is 0. The molecule has 1 aliphatic rings. The second kappa shape index (κ2) is 8.43.